The lowest BCUT2D eigenvalue weighted by molar-refractivity contribution is 0.398. The van der Waals surface area contributed by atoms with E-state index in [0.29, 0.717) is 5.88 Å². The third-order valence-corrected chi connectivity index (χ3v) is 2.89. The highest BCUT2D eigenvalue weighted by Crippen LogP contribution is 2.22. The zero-order valence-electron chi connectivity index (χ0n) is 10.9. The van der Waals surface area contributed by atoms with Crippen LogP contribution in [0.15, 0.2) is 48.7 Å². The minimum atomic E-state index is 0.236. The fourth-order valence-electron chi connectivity index (χ4n) is 1.91. The molecular formula is C15H13N3O2. The van der Waals surface area contributed by atoms with E-state index in [4.69, 9.17) is 4.74 Å². The van der Waals surface area contributed by atoms with Gasteiger partial charge in [0.1, 0.15) is 11.6 Å². The summed E-state index contributed by atoms with van der Waals surface area (Å²) in [7, 11) is 1.58. The fourth-order valence-corrected chi connectivity index (χ4v) is 1.91. The second kappa shape index (κ2) is 5.05. The molecule has 2 heterocycles. The van der Waals surface area contributed by atoms with Gasteiger partial charge < -0.3 is 15.2 Å². The number of rotatable bonds is 3. The number of nitrogens with zero attached hydrogens (tertiary/aromatic N) is 2. The molecule has 0 unspecified atom stereocenters. The van der Waals surface area contributed by atoms with Crippen molar-refractivity contribution in [2.24, 2.45) is 0 Å². The summed E-state index contributed by atoms with van der Waals surface area (Å²) in [5.41, 5.74) is 1.64. The summed E-state index contributed by atoms with van der Waals surface area (Å²) in [5, 5.41) is 13.5. The largest absolute Gasteiger partial charge is 0.508 e. The highest BCUT2D eigenvalue weighted by Gasteiger charge is 2.01. The van der Waals surface area contributed by atoms with Gasteiger partial charge in [-0.3, -0.25) is 0 Å². The maximum Gasteiger partial charge on any atom is 0.213 e. The Morgan fingerprint density at radius 2 is 2.00 bits per heavy atom. The number of methoxy groups -OCH3 is 1. The number of fused-ring (bicyclic) bond motifs is 1. The van der Waals surface area contributed by atoms with E-state index < -0.39 is 0 Å². The Balaban J connectivity index is 1.88. The minimum absolute atomic E-state index is 0.236. The van der Waals surface area contributed by atoms with Crippen LogP contribution < -0.4 is 10.1 Å². The van der Waals surface area contributed by atoms with Crippen LogP contribution in [0.5, 0.6) is 11.6 Å². The van der Waals surface area contributed by atoms with Crippen LogP contribution in [0.2, 0.25) is 0 Å². The monoisotopic (exact) mass is 267 g/mol. The van der Waals surface area contributed by atoms with Crippen molar-refractivity contribution in [2.45, 2.75) is 0 Å². The lowest BCUT2D eigenvalue weighted by atomic mass is 10.2. The standard InChI is InChI=1S/C15H13N3O2/c1-20-15-7-3-11(9-16-15)17-14-6-2-10-8-12(19)4-5-13(10)18-14/h2-9,19H,1H3,(H,17,18). The van der Waals surface area contributed by atoms with Crippen LogP contribution in [0.4, 0.5) is 11.5 Å². The Labute approximate surface area is 115 Å². The molecule has 3 aromatic rings. The van der Waals surface area contributed by atoms with Gasteiger partial charge >= 0.3 is 0 Å². The van der Waals surface area contributed by atoms with Crippen molar-refractivity contribution in [3.05, 3.63) is 48.7 Å². The first-order valence-corrected chi connectivity index (χ1v) is 6.11. The van der Waals surface area contributed by atoms with Crippen LogP contribution in [0.25, 0.3) is 10.9 Å². The van der Waals surface area contributed by atoms with Crippen molar-refractivity contribution in [1.82, 2.24) is 9.97 Å². The van der Waals surface area contributed by atoms with E-state index in [9.17, 15) is 5.11 Å². The molecule has 2 aromatic heterocycles. The molecule has 0 spiro atoms. The van der Waals surface area contributed by atoms with E-state index in [1.165, 1.54) is 0 Å². The summed E-state index contributed by atoms with van der Waals surface area (Å²) < 4.78 is 5.01. The fraction of sp³-hybridized carbons (Fsp3) is 0.0667. The molecule has 0 saturated heterocycles. The molecule has 2 N–H and O–H groups in total. The first kappa shape index (κ1) is 12.2. The molecule has 0 radical (unpaired) electrons. The average molecular weight is 267 g/mol. The van der Waals surface area contributed by atoms with Crippen LogP contribution >= 0.6 is 0 Å². The van der Waals surface area contributed by atoms with Crippen LogP contribution in [0, 0.1) is 0 Å². The summed E-state index contributed by atoms with van der Waals surface area (Å²) >= 11 is 0. The Bertz CT molecular complexity index is 742. The molecule has 20 heavy (non-hydrogen) atoms. The Hall–Kier alpha value is -2.82. The smallest absolute Gasteiger partial charge is 0.213 e. The molecule has 0 amide bonds. The number of nitrogens with one attached hydrogen (secondary N) is 1. The maximum absolute atomic E-state index is 9.42. The quantitative estimate of drug-likeness (QED) is 0.763. The number of phenols is 1. The molecule has 5 heteroatoms. The van der Waals surface area contributed by atoms with Gasteiger partial charge in [0.05, 0.1) is 24.5 Å². The Kier molecular flexibility index (Phi) is 3.09. The van der Waals surface area contributed by atoms with Crippen molar-refractivity contribution < 1.29 is 9.84 Å². The summed E-state index contributed by atoms with van der Waals surface area (Å²) in [6.45, 7) is 0. The zero-order chi connectivity index (χ0) is 13.9. The number of aromatic nitrogens is 2. The Morgan fingerprint density at radius 3 is 2.75 bits per heavy atom. The maximum atomic E-state index is 9.42. The molecule has 0 aliphatic rings. The Morgan fingerprint density at radius 1 is 1.10 bits per heavy atom. The number of phenolic OH excluding ortho intramolecular Hbond substituents is 1. The minimum Gasteiger partial charge on any atom is -0.508 e. The number of ether oxygens (including phenoxy) is 1. The van der Waals surface area contributed by atoms with Crippen molar-refractivity contribution in [3.8, 4) is 11.6 Å². The molecule has 1 aromatic carbocycles. The molecule has 0 fully saturated rings. The third-order valence-electron chi connectivity index (χ3n) is 2.89. The molecule has 0 atom stereocenters. The lowest BCUT2D eigenvalue weighted by Crippen LogP contribution is -1.95. The van der Waals surface area contributed by atoms with Gasteiger partial charge in [-0.05, 0) is 36.4 Å². The van der Waals surface area contributed by atoms with Gasteiger partial charge in [-0.1, -0.05) is 0 Å². The molecule has 0 aliphatic heterocycles. The van der Waals surface area contributed by atoms with Crippen molar-refractivity contribution >= 4 is 22.4 Å². The first-order valence-electron chi connectivity index (χ1n) is 6.11. The summed E-state index contributed by atoms with van der Waals surface area (Å²) in [6.07, 6.45) is 1.68. The topological polar surface area (TPSA) is 67.3 Å². The van der Waals surface area contributed by atoms with E-state index in [-0.39, 0.29) is 5.75 Å². The van der Waals surface area contributed by atoms with Crippen LogP contribution in [-0.2, 0) is 0 Å². The van der Waals surface area contributed by atoms with E-state index in [1.54, 1.807) is 37.6 Å². The van der Waals surface area contributed by atoms with E-state index in [0.717, 1.165) is 22.4 Å². The predicted molar refractivity (Wildman–Crippen MR) is 77.5 cm³/mol. The number of benzene rings is 1. The van der Waals surface area contributed by atoms with Crippen molar-refractivity contribution in [2.75, 3.05) is 12.4 Å². The number of hydrogen-bond donors (Lipinski definition) is 2. The average Bonchev–Trinajstić information content (AvgIpc) is 2.48. The summed E-state index contributed by atoms with van der Waals surface area (Å²) in [6, 6.07) is 12.5. The van der Waals surface area contributed by atoms with E-state index in [2.05, 4.69) is 15.3 Å². The van der Waals surface area contributed by atoms with Crippen LogP contribution in [0.3, 0.4) is 0 Å². The van der Waals surface area contributed by atoms with Gasteiger partial charge in [-0.25, -0.2) is 9.97 Å². The second-order valence-corrected chi connectivity index (χ2v) is 4.29. The van der Waals surface area contributed by atoms with E-state index >= 15 is 0 Å². The van der Waals surface area contributed by atoms with Gasteiger partial charge in [0.2, 0.25) is 5.88 Å². The number of pyridine rings is 2. The lowest BCUT2D eigenvalue weighted by Gasteiger charge is -2.07. The van der Waals surface area contributed by atoms with E-state index in [1.807, 2.05) is 18.2 Å². The number of anilines is 2. The highest BCUT2D eigenvalue weighted by atomic mass is 16.5. The van der Waals surface area contributed by atoms with Gasteiger partial charge in [-0.2, -0.15) is 0 Å². The normalized spacial score (nSPS) is 10.4. The van der Waals surface area contributed by atoms with Crippen LogP contribution in [-0.4, -0.2) is 22.2 Å². The van der Waals surface area contributed by atoms with Crippen molar-refractivity contribution in [3.63, 3.8) is 0 Å². The molecule has 0 bridgehead atoms. The van der Waals surface area contributed by atoms with Gasteiger partial charge in [0.15, 0.2) is 0 Å². The zero-order valence-corrected chi connectivity index (χ0v) is 10.9. The van der Waals surface area contributed by atoms with Gasteiger partial charge in [0.25, 0.3) is 0 Å². The number of aromatic hydroxyl groups is 1. The summed E-state index contributed by atoms with van der Waals surface area (Å²) in [5.74, 6) is 1.52. The van der Waals surface area contributed by atoms with Gasteiger partial charge in [0, 0.05) is 11.5 Å². The highest BCUT2D eigenvalue weighted by molar-refractivity contribution is 5.82. The first-order chi connectivity index (χ1) is 9.74. The molecule has 100 valence electrons. The van der Waals surface area contributed by atoms with Gasteiger partial charge in [-0.15, -0.1) is 0 Å². The predicted octanol–water partition coefficient (Wildman–Crippen LogP) is 3.09. The summed E-state index contributed by atoms with van der Waals surface area (Å²) in [4.78, 5) is 8.59. The third kappa shape index (κ3) is 2.47. The molecular weight excluding hydrogens is 254 g/mol. The molecule has 3 rings (SSSR count). The number of hydrogen-bond acceptors (Lipinski definition) is 5. The van der Waals surface area contributed by atoms with Crippen LogP contribution in [0.1, 0.15) is 0 Å². The second-order valence-electron chi connectivity index (χ2n) is 4.29. The molecule has 0 aliphatic carbocycles. The SMILES string of the molecule is COc1ccc(Nc2ccc3cc(O)ccc3n2)cn1. The molecule has 5 nitrogen and oxygen atoms in total. The van der Waals surface area contributed by atoms with Crippen molar-refractivity contribution in [1.29, 1.82) is 0 Å². The molecule has 0 saturated carbocycles.